The van der Waals surface area contributed by atoms with Crippen molar-refractivity contribution >= 4 is 28.6 Å². The average molecular weight is 340 g/mol. The number of para-hydroxylation sites is 2. The summed E-state index contributed by atoms with van der Waals surface area (Å²) in [7, 11) is 1.98. The molecule has 1 heterocycles. The highest BCUT2D eigenvalue weighted by Gasteiger charge is 2.19. The molecule has 3 rings (SSSR count). The first kappa shape index (κ1) is 16.6. The van der Waals surface area contributed by atoms with E-state index in [1.165, 1.54) is 11.8 Å². The number of carbonyl (C=O) groups excluding carboxylic acids is 1. The van der Waals surface area contributed by atoms with Crippen LogP contribution in [0.4, 0.5) is 0 Å². The van der Waals surface area contributed by atoms with Crippen molar-refractivity contribution in [3.05, 3.63) is 54.1 Å². The zero-order valence-corrected chi connectivity index (χ0v) is 14.8. The maximum atomic E-state index is 12.6. The van der Waals surface area contributed by atoms with E-state index in [0.717, 1.165) is 21.9 Å². The molecule has 0 saturated heterocycles. The summed E-state index contributed by atoms with van der Waals surface area (Å²) >= 11 is 1.48. The largest absolute Gasteiger partial charge is 0.494 e. The SMILES string of the molecule is CCOc1ccc(C(=O)[C@@H](C)Sc2nc3ccccc3n2C)cc1. The lowest BCUT2D eigenvalue weighted by Crippen LogP contribution is -2.14. The lowest BCUT2D eigenvalue weighted by Gasteiger charge is -2.11. The third-order valence-corrected chi connectivity index (χ3v) is 4.99. The maximum Gasteiger partial charge on any atom is 0.175 e. The number of aryl methyl sites for hydroxylation is 1. The van der Waals surface area contributed by atoms with E-state index in [4.69, 9.17) is 4.74 Å². The molecule has 0 spiro atoms. The van der Waals surface area contributed by atoms with Gasteiger partial charge in [-0.3, -0.25) is 4.79 Å². The number of rotatable bonds is 6. The molecule has 4 nitrogen and oxygen atoms in total. The van der Waals surface area contributed by atoms with Crippen LogP contribution >= 0.6 is 11.8 Å². The van der Waals surface area contributed by atoms with Gasteiger partial charge < -0.3 is 9.30 Å². The molecule has 0 amide bonds. The summed E-state index contributed by atoms with van der Waals surface area (Å²) in [4.78, 5) is 17.3. The van der Waals surface area contributed by atoms with Gasteiger partial charge in [-0.05, 0) is 50.2 Å². The third-order valence-electron chi connectivity index (χ3n) is 3.85. The van der Waals surface area contributed by atoms with Crippen LogP contribution in [0.25, 0.3) is 11.0 Å². The number of ether oxygens (including phenoxy) is 1. The molecule has 0 aliphatic heterocycles. The Morgan fingerprint density at radius 3 is 2.58 bits per heavy atom. The predicted molar refractivity (Wildman–Crippen MR) is 98.0 cm³/mol. The summed E-state index contributed by atoms with van der Waals surface area (Å²) in [5, 5.41) is 0.640. The van der Waals surface area contributed by atoms with Crippen molar-refractivity contribution in [1.29, 1.82) is 0 Å². The van der Waals surface area contributed by atoms with Crippen molar-refractivity contribution < 1.29 is 9.53 Å². The minimum atomic E-state index is -0.210. The summed E-state index contributed by atoms with van der Waals surface area (Å²) in [5.41, 5.74) is 2.71. The first-order chi connectivity index (χ1) is 11.6. The Labute approximate surface area is 145 Å². The van der Waals surface area contributed by atoms with Crippen LogP contribution in [-0.4, -0.2) is 27.2 Å². The number of thioether (sulfide) groups is 1. The third kappa shape index (κ3) is 3.31. The van der Waals surface area contributed by atoms with Gasteiger partial charge in [-0.15, -0.1) is 0 Å². The highest BCUT2D eigenvalue weighted by atomic mass is 32.2. The Morgan fingerprint density at radius 1 is 1.21 bits per heavy atom. The lowest BCUT2D eigenvalue weighted by molar-refractivity contribution is 0.0994. The Morgan fingerprint density at radius 2 is 1.92 bits per heavy atom. The number of carbonyl (C=O) groups is 1. The van der Waals surface area contributed by atoms with Crippen molar-refractivity contribution in [3.63, 3.8) is 0 Å². The first-order valence-electron chi connectivity index (χ1n) is 7.95. The molecular formula is C19H20N2O2S. The highest BCUT2D eigenvalue weighted by Crippen LogP contribution is 2.28. The molecule has 0 saturated carbocycles. The number of nitrogens with zero attached hydrogens (tertiary/aromatic N) is 2. The van der Waals surface area contributed by atoms with Crippen molar-refractivity contribution in [2.45, 2.75) is 24.3 Å². The molecule has 0 aliphatic rings. The van der Waals surface area contributed by atoms with Crippen LogP contribution in [-0.2, 0) is 7.05 Å². The summed E-state index contributed by atoms with van der Waals surface area (Å²) in [5.74, 6) is 0.875. The van der Waals surface area contributed by atoms with Gasteiger partial charge in [-0.2, -0.15) is 0 Å². The Bertz CT molecular complexity index is 855. The van der Waals surface area contributed by atoms with E-state index < -0.39 is 0 Å². The van der Waals surface area contributed by atoms with Gasteiger partial charge in [0.25, 0.3) is 0 Å². The molecule has 0 unspecified atom stereocenters. The fraction of sp³-hybridized carbons (Fsp3) is 0.263. The summed E-state index contributed by atoms with van der Waals surface area (Å²) in [6.45, 7) is 4.48. The van der Waals surface area contributed by atoms with E-state index in [1.807, 2.05) is 74.0 Å². The number of fused-ring (bicyclic) bond motifs is 1. The number of imidazole rings is 1. The molecule has 1 aromatic heterocycles. The molecular weight excluding hydrogens is 320 g/mol. The minimum absolute atomic E-state index is 0.0927. The molecule has 124 valence electrons. The maximum absolute atomic E-state index is 12.6. The molecule has 24 heavy (non-hydrogen) atoms. The van der Waals surface area contributed by atoms with Gasteiger partial charge in [0.2, 0.25) is 0 Å². The van der Waals surface area contributed by atoms with Crippen molar-refractivity contribution in [2.24, 2.45) is 7.05 Å². The minimum Gasteiger partial charge on any atom is -0.494 e. The lowest BCUT2D eigenvalue weighted by atomic mass is 10.1. The molecule has 0 bridgehead atoms. The summed E-state index contributed by atoms with van der Waals surface area (Å²) in [6.07, 6.45) is 0. The molecule has 0 aliphatic carbocycles. The molecule has 0 fully saturated rings. The monoisotopic (exact) mass is 340 g/mol. The van der Waals surface area contributed by atoms with E-state index in [-0.39, 0.29) is 11.0 Å². The molecule has 5 heteroatoms. The smallest absolute Gasteiger partial charge is 0.175 e. The molecule has 0 radical (unpaired) electrons. The van der Waals surface area contributed by atoms with Crippen LogP contribution in [0.15, 0.2) is 53.7 Å². The Hall–Kier alpha value is -2.27. The van der Waals surface area contributed by atoms with Crippen molar-refractivity contribution in [1.82, 2.24) is 9.55 Å². The van der Waals surface area contributed by atoms with Gasteiger partial charge in [0.05, 0.1) is 22.9 Å². The van der Waals surface area contributed by atoms with Crippen LogP contribution in [0.5, 0.6) is 5.75 Å². The number of benzene rings is 2. The number of hydrogen-bond acceptors (Lipinski definition) is 4. The zero-order valence-electron chi connectivity index (χ0n) is 14.0. The molecule has 1 atom stereocenters. The van der Waals surface area contributed by atoms with Gasteiger partial charge in [-0.25, -0.2) is 4.98 Å². The van der Waals surface area contributed by atoms with Gasteiger partial charge in [0, 0.05) is 12.6 Å². The van der Waals surface area contributed by atoms with Crippen LogP contribution < -0.4 is 4.74 Å². The van der Waals surface area contributed by atoms with Crippen LogP contribution in [0.3, 0.4) is 0 Å². The number of hydrogen-bond donors (Lipinski definition) is 0. The fourth-order valence-electron chi connectivity index (χ4n) is 2.56. The summed E-state index contributed by atoms with van der Waals surface area (Å²) in [6, 6.07) is 15.3. The molecule has 3 aromatic rings. The Kier molecular flexibility index (Phi) is 4.90. The molecule has 0 N–H and O–H groups in total. The second-order valence-corrected chi connectivity index (χ2v) is 6.83. The highest BCUT2D eigenvalue weighted by molar-refractivity contribution is 8.00. The second-order valence-electron chi connectivity index (χ2n) is 5.52. The second kappa shape index (κ2) is 7.09. The van der Waals surface area contributed by atoms with Gasteiger partial charge in [0.15, 0.2) is 10.9 Å². The van der Waals surface area contributed by atoms with E-state index in [9.17, 15) is 4.79 Å². The number of Topliss-reactive ketones (excluding diaryl/α,β-unsaturated/α-hetero) is 1. The number of aromatic nitrogens is 2. The molecule has 2 aromatic carbocycles. The number of ketones is 1. The van der Waals surface area contributed by atoms with Gasteiger partial charge in [-0.1, -0.05) is 23.9 Å². The van der Waals surface area contributed by atoms with Gasteiger partial charge in [0.1, 0.15) is 5.75 Å². The van der Waals surface area contributed by atoms with Crippen LogP contribution in [0.1, 0.15) is 24.2 Å². The fourth-order valence-corrected chi connectivity index (χ4v) is 3.52. The van der Waals surface area contributed by atoms with Crippen molar-refractivity contribution in [2.75, 3.05) is 6.61 Å². The van der Waals surface area contributed by atoms with E-state index in [2.05, 4.69) is 4.98 Å². The van der Waals surface area contributed by atoms with E-state index in [0.29, 0.717) is 12.2 Å². The standard InChI is InChI=1S/C19H20N2O2S/c1-4-23-15-11-9-14(10-12-15)18(22)13(2)24-19-20-16-7-5-6-8-17(16)21(19)3/h5-13H,4H2,1-3H3/t13-/m1/s1. The van der Waals surface area contributed by atoms with Gasteiger partial charge >= 0.3 is 0 Å². The Balaban J connectivity index is 1.76. The van der Waals surface area contributed by atoms with Crippen molar-refractivity contribution in [3.8, 4) is 5.75 Å². The average Bonchev–Trinajstić information content (AvgIpc) is 2.91. The van der Waals surface area contributed by atoms with E-state index >= 15 is 0 Å². The van der Waals surface area contributed by atoms with Crippen LogP contribution in [0, 0.1) is 0 Å². The first-order valence-corrected chi connectivity index (χ1v) is 8.83. The predicted octanol–water partition coefficient (Wildman–Crippen LogP) is 4.34. The topological polar surface area (TPSA) is 44.1 Å². The normalized spacial score (nSPS) is 12.3. The van der Waals surface area contributed by atoms with E-state index in [1.54, 1.807) is 0 Å². The quantitative estimate of drug-likeness (QED) is 0.495. The zero-order chi connectivity index (χ0) is 17.1. The van der Waals surface area contributed by atoms with Crippen LogP contribution in [0.2, 0.25) is 0 Å². The summed E-state index contributed by atoms with van der Waals surface area (Å²) < 4.78 is 7.45.